The van der Waals surface area contributed by atoms with Gasteiger partial charge in [0, 0.05) is 0 Å². The zero-order chi connectivity index (χ0) is 24.3. The highest BCUT2D eigenvalue weighted by Gasteiger charge is 2.01. The van der Waals surface area contributed by atoms with Crippen LogP contribution in [0.3, 0.4) is 0 Å². The topological polar surface area (TPSA) is 129 Å². The van der Waals surface area contributed by atoms with Crippen LogP contribution in [0.2, 0.25) is 0 Å². The lowest BCUT2D eigenvalue weighted by Gasteiger charge is -1.92. The number of fused-ring (bicyclic) bond motifs is 2. The zero-order valence-electron chi connectivity index (χ0n) is 19.3. The van der Waals surface area contributed by atoms with Gasteiger partial charge in [0.1, 0.15) is 0 Å². The smallest absolute Gasteiger partial charge is 0.335 e. The van der Waals surface area contributed by atoms with Crippen LogP contribution in [0, 0.1) is 11.8 Å². The van der Waals surface area contributed by atoms with Gasteiger partial charge in [-0.05, 0) is 36.1 Å². The fourth-order valence-electron chi connectivity index (χ4n) is 2.19. The van der Waals surface area contributed by atoms with Crippen LogP contribution in [0.5, 0.6) is 0 Å². The summed E-state index contributed by atoms with van der Waals surface area (Å²) in [5, 5.41) is 8.00. The molecule has 0 aliphatic heterocycles. The minimum absolute atomic E-state index is 0.273. The molecule has 0 spiro atoms. The highest BCUT2D eigenvalue weighted by molar-refractivity contribution is 5.80. The van der Waals surface area contributed by atoms with Crippen molar-refractivity contribution >= 4 is 21.5 Å². The molecular formula is C24H31N3O5. The van der Waals surface area contributed by atoms with Gasteiger partial charge in [-0.25, -0.2) is 4.79 Å². The molecule has 0 atom stereocenters. The largest absolute Gasteiger partial charge is 0.363 e. The summed E-state index contributed by atoms with van der Waals surface area (Å²) in [7, 11) is 0. The quantitative estimate of drug-likeness (QED) is 0.379. The van der Waals surface area contributed by atoms with E-state index in [2.05, 4.69) is 56.3 Å². The van der Waals surface area contributed by atoms with Gasteiger partial charge in [0.25, 0.3) is 16.7 Å². The van der Waals surface area contributed by atoms with E-state index in [4.69, 9.17) is 0 Å². The van der Waals surface area contributed by atoms with Crippen LogP contribution in [-0.4, -0.2) is 15.4 Å². The number of benzene rings is 2. The second-order valence-corrected chi connectivity index (χ2v) is 8.28. The number of rotatable bonds is 0. The Bertz CT molecular complexity index is 1140. The van der Waals surface area contributed by atoms with Gasteiger partial charge in [-0.3, -0.25) is 24.6 Å². The minimum Gasteiger partial charge on any atom is -0.335 e. The van der Waals surface area contributed by atoms with Crippen LogP contribution in [0.4, 0.5) is 0 Å². The molecule has 4 aromatic rings. The van der Waals surface area contributed by atoms with Gasteiger partial charge in [0.2, 0.25) is 0 Å². The van der Waals surface area contributed by atoms with Gasteiger partial charge >= 0.3 is 5.63 Å². The van der Waals surface area contributed by atoms with E-state index >= 15 is 0 Å². The van der Waals surface area contributed by atoms with Crippen LogP contribution in [-0.2, 0) is 0 Å². The van der Waals surface area contributed by atoms with E-state index in [1.165, 1.54) is 0 Å². The molecule has 0 bridgehead atoms. The first-order valence-electron chi connectivity index (χ1n) is 10.3. The van der Waals surface area contributed by atoms with Crippen molar-refractivity contribution in [2.75, 3.05) is 0 Å². The molecule has 4 rings (SSSR count). The maximum absolute atomic E-state index is 11.1. The standard InChI is InChI=1S/C8H6N2O2.C8H5NO3.2C4H10/c11-7-5-3-1-2-4-6(5)8(12)10-9-7;10-7-5-3-1-2-4-6(5)8(11)12-9-7;2*1-4(2)3/h1-4H,(H,9,11)(H,10,12);1-4H,(H,9,10);2*4H,1-3H3. The minimum atomic E-state index is -0.523. The summed E-state index contributed by atoms with van der Waals surface area (Å²) < 4.78 is 4.38. The summed E-state index contributed by atoms with van der Waals surface area (Å²) >= 11 is 0. The normalized spacial score (nSPS) is 10.0. The summed E-state index contributed by atoms with van der Waals surface area (Å²) in [5.41, 5.74) is -1.45. The second kappa shape index (κ2) is 12.9. The summed E-state index contributed by atoms with van der Waals surface area (Å²) in [4.78, 5) is 44.2. The molecular weight excluding hydrogens is 410 g/mol. The Hall–Kier alpha value is -3.68. The third-order valence-electron chi connectivity index (χ3n) is 3.33. The van der Waals surface area contributed by atoms with Crippen LogP contribution < -0.4 is 22.3 Å². The fourth-order valence-corrected chi connectivity index (χ4v) is 2.19. The molecule has 172 valence electrons. The van der Waals surface area contributed by atoms with Gasteiger partial charge in [0.15, 0.2) is 0 Å². The van der Waals surface area contributed by atoms with Gasteiger partial charge < -0.3 is 4.52 Å². The van der Waals surface area contributed by atoms with Crippen LogP contribution in [0.15, 0.2) is 72.2 Å². The SMILES string of the molecule is CC(C)C.CC(C)C.O=c1[nH][nH]c(=O)c2ccccc12.O=c1[nH]oc(=O)c2ccccc12. The molecule has 2 aromatic heterocycles. The van der Waals surface area contributed by atoms with E-state index in [0.717, 1.165) is 11.8 Å². The lowest BCUT2D eigenvalue weighted by molar-refractivity contribution is 0.369. The Morgan fingerprint density at radius 3 is 1.22 bits per heavy atom. The Morgan fingerprint density at radius 1 is 0.562 bits per heavy atom. The van der Waals surface area contributed by atoms with Crippen molar-refractivity contribution in [3.05, 3.63) is 90.0 Å². The highest BCUT2D eigenvalue weighted by atomic mass is 16.5. The molecule has 3 N–H and O–H groups in total. The molecule has 32 heavy (non-hydrogen) atoms. The molecule has 0 aliphatic rings. The molecule has 0 unspecified atom stereocenters. The zero-order valence-corrected chi connectivity index (χ0v) is 19.3. The molecule has 0 saturated carbocycles. The average Bonchev–Trinajstić information content (AvgIpc) is 2.74. The number of H-pyrrole nitrogens is 3. The first-order chi connectivity index (χ1) is 15.0. The number of aromatic nitrogens is 3. The lowest BCUT2D eigenvalue weighted by Crippen LogP contribution is -2.18. The number of aromatic amines is 3. The van der Waals surface area contributed by atoms with E-state index < -0.39 is 5.63 Å². The molecule has 0 radical (unpaired) electrons. The summed E-state index contributed by atoms with van der Waals surface area (Å²) in [5.74, 6) is 1.67. The Labute approximate surface area is 185 Å². The second-order valence-electron chi connectivity index (χ2n) is 8.28. The van der Waals surface area contributed by atoms with E-state index in [1.54, 1.807) is 48.5 Å². The predicted octanol–water partition coefficient (Wildman–Crippen LogP) is 4.02. The van der Waals surface area contributed by atoms with Crippen molar-refractivity contribution in [3.63, 3.8) is 0 Å². The third-order valence-corrected chi connectivity index (χ3v) is 3.33. The molecule has 0 amide bonds. The molecule has 8 heteroatoms. The van der Waals surface area contributed by atoms with Gasteiger partial charge in [-0.1, -0.05) is 65.8 Å². The van der Waals surface area contributed by atoms with Crippen molar-refractivity contribution in [2.45, 2.75) is 41.5 Å². The monoisotopic (exact) mass is 441 g/mol. The average molecular weight is 442 g/mol. The van der Waals surface area contributed by atoms with Crippen molar-refractivity contribution in [1.82, 2.24) is 15.4 Å². The van der Waals surface area contributed by atoms with Crippen molar-refractivity contribution in [3.8, 4) is 0 Å². The maximum Gasteiger partial charge on any atom is 0.363 e. The van der Waals surface area contributed by atoms with Gasteiger partial charge in [-0.15, -0.1) is 0 Å². The van der Waals surface area contributed by atoms with Crippen molar-refractivity contribution in [1.29, 1.82) is 0 Å². The van der Waals surface area contributed by atoms with Crippen LogP contribution in [0.25, 0.3) is 21.5 Å². The van der Waals surface area contributed by atoms with Crippen LogP contribution in [0.1, 0.15) is 41.5 Å². The van der Waals surface area contributed by atoms with Crippen molar-refractivity contribution in [2.24, 2.45) is 11.8 Å². The first-order valence-corrected chi connectivity index (χ1v) is 10.3. The van der Waals surface area contributed by atoms with Gasteiger partial charge in [0.05, 0.1) is 21.5 Å². The lowest BCUT2D eigenvalue weighted by atomic mass is 10.2. The van der Waals surface area contributed by atoms with E-state index in [1.807, 2.05) is 5.16 Å². The molecule has 2 aromatic carbocycles. The first kappa shape index (κ1) is 26.4. The van der Waals surface area contributed by atoms with E-state index in [-0.39, 0.29) is 16.7 Å². The molecule has 0 fully saturated rings. The summed E-state index contributed by atoms with van der Waals surface area (Å²) in [6, 6.07) is 13.2. The Balaban J connectivity index is 0.000000242. The van der Waals surface area contributed by atoms with Crippen LogP contribution >= 0.6 is 0 Å². The van der Waals surface area contributed by atoms with Crippen molar-refractivity contribution < 1.29 is 4.52 Å². The Kier molecular flexibility index (Phi) is 10.6. The number of hydrogen-bond acceptors (Lipinski definition) is 5. The fraction of sp³-hybridized carbons (Fsp3) is 0.333. The summed E-state index contributed by atoms with van der Waals surface area (Å²) in [6.45, 7) is 13.0. The third kappa shape index (κ3) is 8.59. The number of nitrogens with one attached hydrogen (secondary N) is 3. The summed E-state index contributed by atoms with van der Waals surface area (Å²) in [6.07, 6.45) is 0. The molecule has 8 nitrogen and oxygen atoms in total. The molecule has 0 saturated heterocycles. The Morgan fingerprint density at radius 2 is 0.875 bits per heavy atom. The molecule has 0 aliphatic carbocycles. The highest BCUT2D eigenvalue weighted by Crippen LogP contribution is 2.01. The van der Waals surface area contributed by atoms with E-state index in [0.29, 0.717) is 21.5 Å². The maximum atomic E-state index is 11.1. The van der Waals surface area contributed by atoms with E-state index in [9.17, 15) is 19.2 Å². The number of hydrogen-bond donors (Lipinski definition) is 3. The molecule has 2 heterocycles. The van der Waals surface area contributed by atoms with Gasteiger partial charge in [-0.2, -0.15) is 5.16 Å². The predicted molar refractivity (Wildman–Crippen MR) is 129 cm³/mol.